The van der Waals surface area contributed by atoms with Crippen LogP contribution in [0.3, 0.4) is 0 Å². The second-order valence-electron chi connectivity index (χ2n) is 4.97. The van der Waals surface area contributed by atoms with Gasteiger partial charge < -0.3 is 19.7 Å². The van der Waals surface area contributed by atoms with Gasteiger partial charge in [-0.05, 0) is 40.5 Å². The number of hydrogen-bond acceptors (Lipinski definition) is 4. The highest BCUT2D eigenvalue weighted by atomic mass is 79.9. The minimum atomic E-state index is 0.427. The third kappa shape index (κ3) is 3.22. The molecule has 4 nitrogen and oxygen atoms in total. The van der Waals surface area contributed by atoms with Crippen molar-refractivity contribution in [3.8, 4) is 0 Å². The van der Waals surface area contributed by atoms with Gasteiger partial charge in [0.1, 0.15) is 0 Å². The normalized spacial score (nSPS) is 23.6. The Balaban J connectivity index is 1.74. The Kier molecular flexibility index (Phi) is 4.25. The van der Waals surface area contributed by atoms with Gasteiger partial charge in [-0.2, -0.15) is 0 Å². The van der Waals surface area contributed by atoms with E-state index in [0.29, 0.717) is 6.04 Å². The van der Waals surface area contributed by atoms with Gasteiger partial charge in [0.15, 0.2) is 0 Å². The standard InChI is InChI=1S/C14H19BrN2O2/c15-13-2-1-12(17-4-7-18-8-5-17)9-14(13)16-11-3-6-19-10-11/h1-2,9,11,16H,3-8,10H2. The van der Waals surface area contributed by atoms with E-state index in [2.05, 4.69) is 44.3 Å². The number of hydrogen-bond donors (Lipinski definition) is 1. The number of nitrogens with zero attached hydrogens (tertiary/aromatic N) is 1. The molecule has 1 atom stereocenters. The van der Waals surface area contributed by atoms with E-state index in [-0.39, 0.29) is 0 Å². The minimum absolute atomic E-state index is 0.427. The first-order chi connectivity index (χ1) is 9.33. The molecule has 0 radical (unpaired) electrons. The maximum absolute atomic E-state index is 5.41. The van der Waals surface area contributed by atoms with Gasteiger partial charge in [0, 0.05) is 29.9 Å². The van der Waals surface area contributed by atoms with Gasteiger partial charge in [-0.15, -0.1) is 0 Å². The fourth-order valence-corrected chi connectivity index (χ4v) is 2.87. The molecule has 1 aromatic carbocycles. The zero-order valence-corrected chi connectivity index (χ0v) is 12.5. The molecule has 1 aromatic rings. The van der Waals surface area contributed by atoms with Gasteiger partial charge in [-0.1, -0.05) is 0 Å². The maximum Gasteiger partial charge on any atom is 0.0668 e. The molecule has 2 heterocycles. The summed E-state index contributed by atoms with van der Waals surface area (Å²) < 4.78 is 11.9. The molecular weight excluding hydrogens is 308 g/mol. The predicted molar refractivity (Wildman–Crippen MR) is 80.0 cm³/mol. The molecule has 0 amide bonds. The lowest BCUT2D eigenvalue weighted by Crippen LogP contribution is -2.36. The monoisotopic (exact) mass is 326 g/mol. The van der Waals surface area contributed by atoms with Crippen LogP contribution in [0.1, 0.15) is 6.42 Å². The highest BCUT2D eigenvalue weighted by Gasteiger charge is 2.17. The Morgan fingerprint density at radius 3 is 2.74 bits per heavy atom. The Hall–Kier alpha value is -0.780. The van der Waals surface area contributed by atoms with E-state index in [1.807, 2.05) is 0 Å². The third-order valence-electron chi connectivity index (χ3n) is 3.62. The van der Waals surface area contributed by atoms with Crippen molar-refractivity contribution in [2.24, 2.45) is 0 Å². The minimum Gasteiger partial charge on any atom is -0.379 e. The quantitative estimate of drug-likeness (QED) is 0.925. The van der Waals surface area contributed by atoms with E-state index in [0.717, 1.165) is 56.1 Å². The van der Waals surface area contributed by atoms with Crippen molar-refractivity contribution in [3.63, 3.8) is 0 Å². The number of nitrogens with one attached hydrogen (secondary N) is 1. The number of ether oxygens (including phenoxy) is 2. The number of morpholine rings is 1. The van der Waals surface area contributed by atoms with Crippen LogP contribution in [-0.2, 0) is 9.47 Å². The van der Waals surface area contributed by atoms with Gasteiger partial charge in [0.2, 0.25) is 0 Å². The summed E-state index contributed by atoms with van der Waals surface area (Å²) in [4.78, 5) is 2.37. The SMILES string of the molecule is Brc1ccc(N2CCOCC2)cc1NC1CCOC1. The summed E-state index contributed by atoms with van der Waals surface area (Å²) in [6, 6.07) is 6.92. The first-order valence-electron chi connectivity index (χ1n) is 6.79. The number of rotatable bonds is 3. The summed E-state index contributed by atoms with van der Waals surface area (Å²) >= 11 is 3.62. The number of anilines is 2. The molecule has 1 N–H and O–H groups in total. The average Bonchev–Trinajstić information content (AvgIpc) is 2.95. The summed E-state index contributed by atoms with van der Waals surface area (Å²) in [7, 11) is 0. The number of halogens is 1. The zero-order valence-electron chi connectivity index (χ0n) is 10.9. The molecule has 2 aliphatic heterocycles. The van der Waals surface area contributed by atoms with Crippen molar-refractivity contribution >= 4 is 27.3 Å². The van der Waals surface area contributed by atoms with Crippen LogP contribution in [0.15, 0.2) is 22.7 Å². The molecule has 0 spiro atoms. The summed E-state index contributed by atoms with van der Waals surface area (Å²) in [6.07, 6.45) is 1.08. The molecule has 2 saturated heterocycles. The summed E-state index contributed by atoms with van der Waals surface area (Å²) in [5, 5.41) is 3.56. The van der Waals surface area contributed by atoms with Gasteiger partial charge >= 0.3 is 0 Å². The second kappa shape index (κ2) is 6.11. The van der Waals surface area contributed by atoms with Crippen molar-refractivity contribution in [2.75, 3.05) is 49.7 Å². The Morgan fingerprint density at radius 2 is 2.00 bits per heavy atom. The van der Waals surface area contributed by atoms with E-state index < -0.39 is 0 Å². The molecule has 1 unspecified atom stereocenters. The van der Waals surface area contributed by atoms with E-state index in [9.17, 15) is 0 Å². The summed E-state index contributed by atoms with van der Waals surface area (Å²) in [5.41, 5.74) is 2.41. The van der Waals surface area contributed by atoms with E-state index >= 15 is 0 Å². The Bertz CT molecular complexity index is 429. The molecule has 104 valence electrons. The van der Waals surface area contributed by atoms with Crippen molar-refractivity contribution in [1.29, 1.82) is 0 Å². The Labute approximate surface area is 122 Å². The van der Waals surface area contributed by atoms with Crippen molar-refractivity contribution in [3.05, 3.63) is 22.7 Å². The molecular formula is C14H19BrN2O2. The first kappa shape index (κ1) is 13.2. The first-order valence-corrected chi connectivity index (χ1v) is 7.59. The van der Waals surface area contributed by atoms with Gasteiger partial charge in [-0.3, -0.25) is 0 Å². The van der Waals surface area contributed by atoms with E-state index in [1.165, 1.54) is 5.69 Å². The second-order valence-corrected chi connectivity index (χ2v) is 5.82. The van der Waals surface area contributed by atoms with Crippen LogP contribution in [0.2, 0.25) is 0 Å². The molecule has 0 bridgehead atoms. The van der Waals surface area contributed by atoms with Crippen molar-refractivity contribution in [1.82, 2.24) is 0 Å². The molecule has 3 rings (SSSR count). The van der Waals surface area contributed by atoms with Crippen LogP contribution >= 0.6 is 15.9 Å². The van der Waals surface area contributed by atoms with Gasteiger partial charge in [0.25, 0.3) is 0 Å². The zero-order chi connectivity index (χ0) is 13.1. The van der Waals surface area contributed by atoms with Gasteiger partial charge in [-0.25, -0.2) is 0 Å². The molecule has 5 heteroatoms. The van der Waals surface area contributed by atoms with Crippen LogP contribution in [0, 0.1) is 0 Å². The van der Waals surface area contributed by atoms with E-state index in [4.69, 9.17) is 9.47 Å². The third-order valence-corrected chi connectivity index (χ3v) is 4.31. The van der Waals surface area contributed by atoms with Crippen LogP contribution in [-0.4, -0.2) is 45.6 Å². The largest absolute Gasteiger partial charge is 0.379 e. The summed E-state index contributed by atoms with van der Waals surface area (Å²) in [6.45, 7) is 5.22. The van der Waals surface area contributed by atoms with Crippen molar-refractivity contribution < 1.29 is 9.47 Å². The average molecular weight is 327 g/mol. The highest BCUT2D eigenvalue weighted by Crippen LogP contribution is 2.29. The van der Waals surface area contributed by atoms with Crippen LogP contribution in [0.4, 0.5) is 11.4 Å². The lowest BCUT2D eigenvalue weighted by atomic mass is 10.2. The van der Waals surface area contributed by atoms with Crippen LogP contribution in [0.5, 0.6) is 0 Å². The lowest BCUT2D eigenvalue weighted by molar-refractivity contribution is 0.122. The fraction of sp³-hybridized carbons (Fsp3) is 0.571. The Morgan fingerprint density at radius 1 is 1.16 bits per heavy atom. The molecule has 2 fully saturated rings. The maximum atomic E-state index is 5.41. The molecule has 19 heavy (non-hydrogen) atoms. The molecule has 2 aliphatic rings. The topological polar surface area (TPSA) is 33.7 Å². The molecule has 0 saturated carbocycles. The van der Waals surface area contributed by atoms with E-state index in [1.54, 1.807) is 0 Å². The lowest BCUT2D eigenvalue weighted by Gasteiger charge is -2.29. The smallest absolute Gasteiger partial charge is 0.0668 e. The highest BCUT2D eigenvalue weighted by molar-refractivity contribution is 9.10. The summed E-state index contributed by atoms with van der Waals surface area (Å²) in [5.74, 6) is 0. The number of benzene rings is 1. The predicted octanol–water partition coefficient (Wildman–Crippen LogP) is 2.49. The van der Waals surface area contributed by atoms with Crippen LogP contribution < -0.4 is 10.2 Å². The molecule has 0 aliphatic carbocycles. The fourth-order valence-electron chi connectivity index (χ4n) is 2.51. The van der Waals surface area contributed by atoms with Crippen LogP contribution in [0.25, 0.3) is 0 Å². The van der Waals surface area contributed by atoms with Crippen molar-refractivity contribution in [2.45, 2.75) is 12.5 Å². The molecule has 0 aromatic heterocycles. The van der Waals surface area contributed by atoms with Gasteiger partial charge in [0.05, 0.1) is 31.5 Å².